The van der Waals surface area contributed by atoms with E-state index in [1.165, 1.54) is 26.0 Å². The number of carbonyl (C=O) groups excluding carboxylic acids is 2. The number of thioether (sulfide) groups is 1. The molecule has 3 rings (SSSR count). The molecule has 1 heterocycles. The Morgan fingerprint density at radius 2 is 1.83 bits per heavy atom. The number of methoxy groups -OCH3 is 2. The molecular weight excluding hydrogens is 326 g/mol. The molecule has 2 fully saturated rings. The van der Waals surface area contributed by atoms with Crippen LogP contribution in [0.5, 0.6) is 0 Å². The molecule has 1 aliphatic carbocycles. The smallest absolute Gasteiger partial charge is 0.411 e. The third kappa shape index (κ3) is 2.77. The SMILES string of the molecule is COC(=O)N1C[C@@H]2CCCC[C@@H]2C1(Sc1ccccc1)C(=O)OC. The summed E-state index contributed by atoms with van der Waals surface area (Å²) in [5.74, 6) is 0.0346. The Kier molecular flexibility index (Phi) is 5.04. The molecule has 1 aliphatic heterocycles. The largest absolute Gasteiger partial charge is 0.467 e. The van der Waals surface area contributed by atoms with E-state index in [-0.39, 0.29) is 11.9 Å². The van der Waals surface area contributed by atoms with Gasteiger partial charge < -0.3 is 9.47 Å². The normalized spacial score (nSPS) is 29.0. The molecule has 1 unspecified atom stereocenters. The Morgan fingerprint density at radius 1 is 1.12 bits per heavy atom. The zero-order valence-corrected chi connectivity index (χ0v) is 14.9. The number of amides is 1. The molecule has 0 N–H and O–H groups in total. The fourth-order valence-electron chi connectivity index (χ4n) is 4.08. The van der Waals surface area contributed by atoms with Crippen molar-refractivity contribution in [2.45, 2.75) is 35.4 Å². The Morgan fingerprint density at radius 3 is 2.50 bits per heavy atom. The number of hydrogen-bond donors (Lipinski definition) is 0. The number of ether oxygens (including phenoxy) is 2. The lowest BCUT2D eigenvalue weighted by atomic mass is 9.78. The van der Waals surface area contributed by atoms with E-state index in [1.54, 1.807) is 4.90 Å². The van der Waals surface area contributed by atoms with E-state index < -0.39 is 11.0 Å². The van der Waals surface area contributed by atoms with Crippen molar-refractivity contribution in [1.29, 1.82) is 0 Å². The van der Waals surface area contributed by atoms with E-state index in [9.17, 15) is 9.59 Å². The summed E-state index contributed by atoms with van der Waals surface area (Å²) in [5, 5.41) is 0. The summed E-state index contributed by atoms with van der Waals surface area (Å²) >= 11 is 1.42. The number of likely N-dealkylation sites (tertiary alicyclic amines) is 1. The van der Waals surface area contributed by atoms with Crippen molar-refractivity contribution >= 4 is 23.8 Å². The molecule has 1 aromatic carbocycles. The maximum Gasteiger partial charge on any atom is 0.411 e. The molecule has 24 heavy (non-hydrogen) atoms. The van der Waals surface area contributed by atoms with Crippen LogP contribution in [0.3, 0.4) is 0 Å². The van der Waals surface area contributed by atoms with Gasteiger partial charge in [-0.15, -0.1) is 0 Å². The Balaban J connectivity index is 2.06. The summed E-state index contributed by atoms with van der Waals surface area (Å²) in [6, 6.07) is 9.72. The molecule has 130 valence electrons. The van der Waals surface area contributed by atoms with Crippen molar-refractivity contribution in [2.75, 3.05) is 20.8 Å². The van der Waals surface area contributed by atoms with Crippen molar-refractivity contribution in [3.8, 4) is 0 Å². The van der Waals surface area contributed by atoms with E-state index in [1.807, 2.05) is 30.3 Å². The maximum absolute atomic E-state index is 12.9. The molecule has 1 aromatic rings. The van der Waals surface area contributed by atoms with Crippen LogP contribution in [-0.2, 0) is 14.3 Å². The van der Waals surface area contributed by atoms with Gasteiger partial charge in [0.2, 0.25) is 0 Å². The predicted octanol–water partition coefficient (Wildman–Crippen LogP) is 3.54. The third-order valence-corrected chi connectivity index (χ3v) is 6.63. The lowest BCUT2D eigenvalue weighted by Crippen LogP contribution is -2.54. The number of rotatable bonds is 3. The van der Waals surface area contributed by atoms with Gasteiger partial charge in [-0.05, 0) is 30.9 Å². The van der Waals surface area contributed by atoms with Crippen molar-refractivity contribution in [2.24, 2.45) is 11.8 Å². The first-order valence-electron chi connectivity index (χ1n) is 8.31. The van der Waals surface area contributed by atoms with E-state index in [2.05, 4.69) is 0 Å². The number of esters is 1. The second-order valence-electron chi connectivity index (χ2n) is 6.33. The minimum absolute atomic E-state index is 0.0861. The molecule has 0 aromatic heterocycles. The number of carbonyl (C=O) groups is 2. The van der Waals surface area contributed by atoms with E-state index >= 15 is 0 Å². The minimum atomic E-state index is -1.05. The quantitative estimate of drug-likeness (QED) is 0.781. The van der Waals surface area contributed by atoms with Crippen molar-refractivity contribution in [3.05, 3.63) is 30.3 Å². The summed E-state index contributed by atoms with van der Waals surface area (Å²) < 4.78 is 10.2. The first-order valence-corrected chi connectivity index (χ1v) is 9.13. The van der Waals surface area contributed by atoms with Crippen LogP contribution in [0.4, 0.5) is 4.79 Å². The second kappa shape index (κ2) is 7.05. The monoisotopic (exact) mass is 349 g/mol. The molecule has 5 nitrogen and oxygen atoms in total. The Hall–Kier alpha value is -1.69. The lowest BCUT2D eigenvalue weighted by molar-refractivity contribution is -0.149. The highest BCUT2D eigenvalue weighted by Gasteiger charge is 2.62. The molecule has 3 atom stereocenters. The molecule has 0 bridgehead atoms. The number of hydrogen-bond acceptors (Lipinski definition) is 5. The summed E-state index contributed by atoms with van der Waals surface area (Å²) in [6.07, 6.45) is 3.71. The molecule has 1 saturated carbocycles. The average molecular weight is 349 g/mol. The van der Waals surface area contributed by atoms with Crippen molar-refractivity contribution < 1.29 is 19.1 Å². The van der Waals surface area contributed by atoms with Gasteiger partial charge in [-0.2, -0.15) is 0 Å². The zero-order chi connectivity index (χ0) is 17.2. The van der Waals surface area contributed by atoms with Gasteiger partial charge in [0.25, 0.3) is 0 Å². The minimum Gasteiger partial charge on any atom is -0.467 e. The fraction of sp³-hybridized carbons (Fsp3) is 0.556. The third-order valence-electron chi connectivity index (χ3n) is 5.12. The summed E-state index contributed by atoms with van der Waals surface area (Å²) in [6.45, 7) is 0.548. The van der Waals surface area contributed by atoms with Gasteiger partial charge in [-0.1, -0.05) is 42.8 Å². The Bertz CT molecular complexity index is 608. The number of nitrogens with zero attached hydrogens (tertiary/aromatic N) is 1. The first-order chi connectivity index (χ1) is 11.6. The molecule has 2 aliphatic rings. The van der Waals surface area contributed by atoms with Crippen LogP contribution in [0.1, 0.15) is 25.7 Å². The van der Waals surface area contributed by atoms with Crippen LogP contribution >= 0.6 is 11.8 Å². The summed E-state index contributed by atoms with van der Waals surface area (Å²) in [7, 11) is 2.75. The average Bonchev–Trinajstić information content (AvgIpc) is 2.96. The van der Waals surface area contributed by atoms with Crippen molar-refractivity contribution in [3.63, 3.8) is 0 Å². The molecular formula is C18H23NO4S. The Labute approximate surface area is 146 Å². The molecule has 0 radical (unpaired) electrons. The van der Waals surface area contributed by atoms with Crippen LogP contribution in [0.15, 0.2) is 35.2 Å². The van der Waals surface area contributed by atoms with Gasteiger partial charge in [0, 0.05) is 17.4 Å². The van der Waals surface area contributed by atoms with Gasteiger partial charge in [-0.25, -0.2) is 9.59 Å². The topological polar surface area (TPSA) is 55.8 Å². The van der Waals surface area contributed by atoms with Crippen LogP contribution in [0.25, 0.3) is 0 Å². The highest BCUT2D eigenvalue weighted by molar-refractivity contribution is 8.01. The predicted molar refractivity (Wildman–Crippen MR) is 91.6 cm³/mol. The van der Waals surface area contributed by atoms with Gasteiger partial charge in [0.1, 0.15) is 0 Å². The molecule has 1 amide bonds. The standard InChI is InChI=1S/C18H23NO4S/c1-22-16(20)18(24-14-9-4-3-5-10-14)15-11-7-6-8-13(15)12-19(18)17(21)23-2/h3-5,9-10,13,15H,6-8,11-12H2,1-2H3/t13-,15-,18?/m0/s1. The first kappa shape index (κ1) is 17.1. The summed E-state index contributed by atoms with van der Waals surface area (Å²) in [5.41, 5.74) is 0. The number of benzene rings is 1. The molecule has 6 heteroatoms. The van der Waals surface area contributed by atoms with E-state index in [0.29, 0.717) is 12.5 Å². The van der Waals surface area contributed by atoms with Crippen LogP contribution in [-0.4, -0.2) is 42.6 Å². The van der Waals surface area contributed by atoms with Crippen molar-refractivity contribution in [1.82, 2.24) is 4.90 Å². The lowest BCUT2D eigenvalue weighted by Gasteiger charge is -2.39. The van der Waals surface area contributed by atoms with Gasteiger partial charge in [0.05, 0.1) is 14.2 Å². The highest BCUT2D eigenvalue weighted by Crippen LogP contribution is 2.55. The van der Waals surface area contributed by atoms with E-state index in [4.69, 9.17) is 9.47 Å². The van der Waals surface area contributed by atoms with Crippen LogP contribution < -0.4 is 0 Å². The summed E-state index contributed by atoms with van der Waals surface area (Å²) in [4.78, 5) is 26.9. The second-order valence-corrected chi connectivity index (χ2v) is 7.63. The number of fused-ring (bicyclic) bond motifs is 1. The van der Waals surface area contributed by atoms with Crippen LogP contribution in [0, 0.1) is 11.8 Å². The van der Waals surface area contributed by atoms with Crippen LogP contribution in [0.2, 0.25) is 0 Å². The molecule has 0 spiro atoms. The fourth-order valence-corrected chi connectivity index (χ4v) is 5.62. The van der Waals surface area contributed by atoms with Gasteiger partial charge in [-0.3, -0.25) is 4.90 Å². The zero-order valence-electron chi connectivity index (χ0n) is 14.1. The maximum atomic E-state index is 12.9. The molecule has 1 saturated heterocycles. The highest BCUT2D eigenvalue weighted by atomic mass is 32.2. The van der Waals surface area contributed by atoms with Gasteiger partial charge in [0.15, 0.2) is 4.87 Å². The van der Waals surface area contributed by atoms with Gasteiger partial charge >= 0.3 is 12.1 Å². The van der Waals surface area contributed by atoms with E-state index in [0.717, 1.165) is 30.6 Å².